The summed E-state index contributed by atoms with van der Waals surface area (Å²) in [6.07, 6.45) is 0. The molecule has 31 heavy (non-hydrogen) atoms. The van der Waals surface area contributed by atoms with Crippen LogP contribution in [-0.2, 0) is 11.3 Å². The first-order valence-electron chi connectivity index (χ1n) is 10.4. The summed E-state index contributed by atoms with van der Waals surface area (Å²) in [5.41, 5.74) is 1.70. The minimum atomic E-state index is -0.0499. The smallest absolute Gasteiger partial charge is 0.251 e. The summed E-state index contributed by atoms with van der Waals surface area (Å²) in [6.45, 7) is 7.30. The molecule has 3 rings (SSSR count). The number of hydrogen-bond donors (Lipinski definition) is 3. The topological polar surface area (TPSA) is 78.0 Å². The van der Waals surface area contributed by atoms with Gasteiger partial charge in [0.2, 0.25) is 0 Å². The Bertz CT molecular complexity index is 825. The van der Waals surface area contributed by atoms with E-state index in [1.165, 1.54) is 4.88 Å². The van der Waals surface area contributed by atoms with Crippen molar-refractivity contribution in [2.75, 3.05) is 46.4 Å². The quantitative estimate of drug-likeness (QED) is 0.265. The number of guanidine groups is 1. The SMILES string of the molecule is CCNC(=O)c1cccc(CNC(=NC)NCC(c2cccs2)N2CCOCC2)c1.I. The molecule has 1 aromatic carbocycles. The number of hydrogen-bond acceptors (Lipinski definition) is 5. The Morgan fingerprint density at radius 3 is 2.68 bits per heavy atom. The van der Waals surface area contributed by atoms with Crippen molar-refractivity contribution in [3.05, 3.63) is 57.8 Å². The number of benzene rings is 1. The molecule has 1 atom stereocenters. The molecule has 7 nitrogen and oxygen atoms in total. The molecule has 1 aliphatic rings. The molecule has 0 radical (unpaired) electrons. The lowest BCUT2D eigenvalue weighted by Crippen LogP contribution is -2.46. The van der Waals surface area contributed by atoms with Crippen LogP contribution >= 0.6 is 35.3 Å². The third kappa shape index (κ3) is 7.74. The molecule has 0 aliphatic carbocycles. The van der Waals surface area contributed by atoms with Crippen molar-refractivity contribution < 1.29 is 9.53 Å². The standard InChI is InChI=1S/C22H31N5O2S.HI/c1-3-24-21(28)18-7-4-6-17(14-18)15-25-22(23-2)26-16-19(20-8-5-13-30-20)27-9-11-29-12-10-27;/h4-8,13-14,19H,3,9-12,15-16H2,1-2H3,(H,24,28)(H2,23,25,26);1H. The maximum atomic E-state index is 12.1. The van der Waals surface area contributed by atoms with Gasteiger partial charge >= 0.3 is 0 Å². The van der Waals surface area contributed by atoms with Gasteiger partial charge in [0.05, 0.1) is 19.3 Å². The number of nitrogens with one attached hydrogen (secondary N) is 3. The van der Waals surface area contributed by atoms with E-state index < -0.39 is 0 Å². The van der Waals surface area contributed by atoms with Gasteiger partial charge in [-0.05, 0) is 36.1 Å². The maximum absolute atomic E-state index is 12.1. The van der Waals surface area contributed by atoms with E-state index in [1.54, 1.807) is 18.4 Å². The lowest BCUT2D eigenvalue weighted by molar-refractivity contribution is 0.0177. The fourth-order valence-electron chi connectivity index (χ4n) is 3.46. The third-order valence-corrected chi connectivity index (χ3v) is 6.00. The van der Waals surface area contributed by atoms with Crippen LogP contribution < -0.4 is 16.0 Å². The van der Waals surface area contributed by atoms with Crippen LogP contribution in [0.25, 0.3) is 0 Å². The number of aliphatic imine (C=N–C) groups is 1. The van der Waals surface area contributed by atoms with E-state index in [9.17, 15) is 4.79 Å². The minimum absolute atomic E-state index is 0. The van der Waals surface area contributed by atoms with Crippen LogP contribution in [-0.4, -0.2) is 63.2 Å². The Hall–Kier alpha value is -1.69. The Balaban J connectivity index is 0.00000341. The van der Waals surface area contributed by atoms with E-state index in [0.717, 1.165) is 44.4 Å². The summed E-state index contributed by atoms with van der Waals surface area (Å²) in [4.78, 5) is 20.2. The number of carbonyl (C=O) groups is 1. The fourth-order valence-corrected chi connectivity index (χ4v) is 4.33. The van der Waals surface area contributed by atoms with Crippen molar-refractivity contribution in [3.8, 4) is 0 Å². The molecule has 2 aromatic rings. The van der Waals surface area contributed by atoms with Crippen molar-refractivity contribution in [1.82, 2.24) is 20.9 Å². The highest BCUT2D eigenvalue weighted by Crippen LogP contribution is 2.25. The van der Waals surface area contributed by atoms with Gasteiger partial charge in [-0.1, -0.05) is 18.2 Å². The second-order valence-corrected chi connectivity index (χ2v) is 8.03. The highest BCUT2D eigenvalue weighted by molar-refractivity contribution is 14.0. The van der Waals surface area contributed by atoms with Gasteiger partial charge in [0.15, 0.2) is 5.96 Å². The number of nitrogens with zero attached hydrogens (tertiary/aromatic N) is 2. The zero-order valence-corrected chi connectivity index (χ0v) is 21.2. The van der Waals surface area contributed by atoms with Gasteiger partial charge in [-0.2, -0.15) is 0 Å². The first-order valence-corrected chi connectivity index (χ1v) is 11.3. The molecule has 9 heteroatoms. The van der Waals surface area contributed by atoms with Gasteiger partial charge < -0.3 is 20.7 Å². The number of rotatable bonds is 8. The van der Waals surface area contributed by atoms with E-state index in [4.69, 9.17) is 4.74 Å². The van der Waals surface area contributed by atoms with E-state index in [2.05, 4.69) is 43.4 Å². The molecule has 170 valence electrons. The summed E-state index contributed by atoms with van der Waals surface area (Å²) >= 11 is 1.78. The molecule has 1 unspecified atom stereocenters. The average molecular weight is 558 g/mol. The largest absolute Gasteiger partial charge is 0.379 e. The molecule has 1 fully saturated rings. The van der Waals surface area contributed by atoms with Gasteiger partial charge in [0.25, 0.3) is 5.91 Å². The number of thiophene rings is 1. The zero-order chi connectivity index (χ0) is 21.2. The summed E-state index contributed by atoms with van der Waals surface area (Å²) in [6, 6.07) is 12.2. The maximum Gasteiger partial charge on any atom is 0.251 e. The zero-order valence-electron chi connectivity index (χ0n) is 18.1. The Labute approximate surface area is 205 Å². The van der Waals surface area contributed by atoms with Crippen molar-refractivity contribution in [1.29, 1.82) is 0 Å². The van der Waals surface area contributed by atoms with Crippen molar-refractivity contribution in [2.45, 2.75) is 19.5 Å². The van der Waals surface area contributed by atoms with Crippen LogP contribution in [0.1, 0.15) is 33.8 Å². The van der Waals surface area contributed by atoms with E-state index in [-0.39, 0.29) is 35.9 Å². The predicted molar refractivity (Wildman–Crippen MR) is 138 cm³/mol. The number of ether oxygens (including phenoxy) is 1. The summed E-state index contributed by atoms with van der Waals surface area (Å²) in [5.74, 6) is 0.694. The van der Waals surface area contributed by atoms with Crippen LogP contribution in [0.4, 0.5) is 0 Å². The number of morpholine rings is 1. The normalized spacial score (nSPS) is 15.6. The average Bonchev–Trinajstić information content (AvgIpc) is 3.32. The molecule has 3 N–H and O–H groups in total. The Kier molecular flexibility index (Phi) is 11.3. The molecular formula is C22H32IN5O2S. The van der Waals surface area contributed by atoms with Crippen LogP contribution in [0.5, 0.6) is 0 Å². The highest BCUT2D eigenvalue weighted by Gasteiger charge is 2.23. The van der Waals surface area contributed by atoms with Crippen molar-refractivity contribution in [3.63, 3.8) is 0 Å². The highest BCUT2D eigenvalue weighted by atomic mass is 127. The monoisotopic (exact) mass is 557 g/mol. The number of carbonyl (C=O) groups excluding carboxylic acids is 1. The van der Waals surface area contributed by atoms with Crippen molar-refractivity contribution in [2.24, 2.45) is 4.99 Å². The molecule has 2 heterocycles. The van der Waals surface area contributed by atoms with Gasteiger partial charge in [0, 0.05) is 50.2 Å². The second-order valence-electron chi connectivity index (χ2n) is 7.05. The Morgan fingerprint density at radius 2 is 2.00 bits per heavy atom. The summed E-state index contributed by atoms with van der Waals surface area (Å²) in [7, 11) is 1.77. The minimum Gasteiger partial charge on any atom is -0.379 e. The van der Waals surface area contributed by atoms with E-state index >= 15 is 0 Å². The molecule has 1 amide bonds. The van der Waals surface area contributed by atoms with Gasteiger partial charge in [-0.15, -0.1) is 35.3 Å². The number of amides is 1. The van der Waals surface area contributed by atoms with Crippen LogP contribution in [0, 0.1) is 0 Å². The molecule has 1 aliphatic heterocycles. The summed E-state index contributed by atoms with van der Waals surface area (Å²) < 4.78 is 5.52. The molecule has 1 aromatic heterocycles. The first kappa shape index (κ1) is 25.6. The second kappa shape index (κ2) is 13.7. The lowest BCUT2D eigenvalue weighted by Gasteiger charge is -2.34. The molecule has 0 spiro atoms. The molecular weight excluding hydrogens is 525 g/mol. The van der Waals surface area contributed by atoms with E-state index in [1.807, 2.05) is 31.2 Å². The van der Waals surface area contributed by atoms with Crippen LogP contribution in [0.3, 0.4) is 0 Å². The predicted octanol–water partition coefficient (Wildman–Crippen LogP) is 2.85. The lowest BCUT2D eigenvalue weighted by atomic mass is 10.1. The summed E-state index contributed by atoms with van der Waals surface area (Å²) in [5, 5.41) is 11.8. The molecule has 0 bridgehead atoms. The van der Waals surface area contributed by atoms with E-state index in [0.29, 0.717) is 18.7 Å². The first-order chi connectivity index (χ1) is 14.7. The van der Waals surface area contributed by atoms with Crippen molar-refractivity contribution >= 4 is 47.2 Å². The third-order valence-electron chi connectivity index (χ3n) is 5.03. The van der Waals surface area contributed by atoms with Gasteiger partial charge in [-0.3, -0.25) is 14.7 Å². The van der Waals surface area contributed by atoms with Crippen LogP contribution in [0.15, 0.2) is 46.8 Å². The molecule has 1 saturated heterocycles. The Morgan fingerprint density at radius 1 is 1.19 bits per heavy atom. The molecule has 0 saturated carbocycles. The van der Waals surface area contributed by atoms with Gasteiger partial charge in [-0.25, -0.2) is 0 Å². The fraction of sp³-hybridized carbons (Fsp3) is 0.455. The van der Waals surface area contributed by atoms with Gasteiger partial charge in [0.1, 0.15) is 0 Å². The number of halogens is 1. The van der Waals surface area contributed by atoms with Crippen LogP contribution in [0.2, 0.25) is 0 Å².